The van der Waals surface area contributed by atoms with E-state index in [0.717, 1.165) is 19.3 Å². The number of amides is 1. The summed E-state index contributed by atoms with van der Waals surface area (Å²) in [5.41, 5.74) is 0.821. The second-order valence-electron chi connectivity index (χ2n) is 9.03. The summed E-state index contributed by atoms with van der Waals surface area (Å²) in [4.78, 5) is 26.5. The molecule has 0 radical (unpaired) electrons. The van der Waals surface area contributed by atoms with E-state index in [2.05, 4.69) is 26.8 Å². The smallest absolute Gasteiger partial charge is 0.246 e. The fourth-order valence-electron chi connectivity index (χ4n) is 4.28. The van der Waals surface area contributed by atoms with Crippen LogP contribution in [0.5, 0.6) is 11.6 Å². The van der Waals surface area contributed by atoms with Gasteiger partial charge >= 0.3 is 0 Å². The van der Waals surface area contributed by atoms with Crippen molar-refractivity contribution < 1.29 is 18.7 Å². The number of benzene rings is 1. The van der Waals surface area contributed by atoms with Crippen molar-refractivity contribution >= 4 is 40.0 Å². The van der Waals surface area contributed by atoms with Crippen LogP contribution in [0.4, 0.5) is 15.9 Å². The summed E-state index contributed by atoms with van der Waals surface area (Å²) in [7, 11) is 0. The van der Waals surface area contributed by atoms with Gasteiger partial charge in [0.1, 0.15) is 34.3 Å². The van der Waals surface area contributed by atoms with Gasteiger partial charge in [0.2, 0.25) is 11.8 Å². The molecule has 0 spiro atoms. The molecule has 3 heterocycles. The van der Waals surface area contributed by atoms with Gasteiger partial charge in [0.25, 0.3) is 0 Å². The average Bonchev–Trinajstić information content (AvgIpc) is 3.31. The number of ether oxygens (including phenoxy) is 2. The van der Waals surface area contributed by atoms with Crippen LogP contribution in [-0.2, 0) is 4.79 Å². The molecular formula is C25H25ClFN5O3. The lowest BCUT2D eigenvalue weighted by molar-refractivity contribution is -0.125. The van der Waals surface area contributed by atoms with Crippen LogP contribution < -0.4 is 14.8 Å². The highest BCUT2D eigenvalue weighted by atomic mass is 35.5. The Kier molecular flexibility index (Phi) is 6.19. The maximum Gasteiger partial charge on any atom is 0.246 e. The number of fused-ring (bicyclic) bond motifs is 1. The standard InChI is InChI=1S/C25H25ClFN5O3/c1-3-20(33)32-12-9-15(13-32)34-19-8-6-17-23(31-19)24(29-14-28-17)30-16-5-7-18(21(26)22(16)27)35-25(2)10-4-11-25/h3,5-8,14-15H,1,4,9-13H2,2H3,(H,28,29,30)/t15-/m0/s1. The first-order valence-corrected chi connectivity index (χ1v) is 11.9. The number of anilines is 2. The fraction of sp³-hybridized carbons (Fsp3) is 0.360. The summed E-state index contributed by atoms with van der Waals surface area (Å²) < 4.78 is 27.1. The van der Waals surface area contributed by atoms with Crippen molar-refractivity contribution in [3.63, 3.8) is 0 Å². The Hall–Kier alpha value is -3.46. The summed E-state index contributed by atoms with van der Waals surface area (Å²) >= 11 is 6.29. The molecule has 1 atom stereocenters. The zero-order valence-corrected chi connectivity index (χ0v) is 20.0. The minimum absolute atomic E-state index is 0.0849. The maximum atomic E-state index is 15.1. The predicted molar refractivity (Wildman–Crippen MR) is 131 cm³/mol. The summed E-state index contributed by atoms with van der Waals surface area (Å²) in [5, 5.41) is 2.89. The van der Waals surface area contributed by atoms with Gasteiger partial charge in [-0.05, 0) is 50.5 Å². The van der Waals surface area contributed by atoms with Crippen molar-refractivity contribution in [3.05, 3.63) is 54.1 Å². The molecule has 1 aliphatic carbocycles. The van der Waals surface area contributed by atoms with Crippen LogP contribution in [0.2, 0.25) is 5.02 Å². The quantitative estimate of drug-likeness (QED) is 0.457. The van der Waals surface area contributed by atoms with Gasteiger partial charge in [-0.25, -0.2) is 19.3 Å². The van der Waals surface area contributed by atoms with Gasteiger partial charge in [0, 0.05) is 19.0 Å². The van der Waals surface area contributed by atoms with Gasteiger partial charge in [-0.15, -0.1) is 0 Å². The topological polar surface area (TPSA) is 89.5 Å². The molecule has 1 saturated carbocycles. The predicted octanol–water partition coefficient (Wildman–Crippen LogP) is 5.05. The van der Waals surface area contributed by atoms with E-state index < -0.39 is 5.82 Å². The van der Waals surface area contributed by atoms with E-state index in [1.165, 1.54) is 12.4 Å². The summed E-state index contributed by atoms with van der Waals surface area (Å²) in [5.74, 6) is 0.235. The molecule has 0 bridgehead atoms. The van der Waals surface area contributed by atoms with Crippen LogP contribution in [0, 0.1) is 5.82 Å². The Morgan fingerprint density at radius 1 is 1.31 bits per heavy atom. The lowest BCUT2D eigenvalue weighted by Crippen LogP contribution is -2.39. The van der Waals surface area contributed by atoms with Crippen LogP contribution in [0.3, 0.4) is 0 Å². The molecule has 3 aromatic rings. The molecule has 1 amide bonds. The molecule has 182 valence electrons. The van der Waals surface area contributed by atoms with Crippen LogP contribution in [0.1, 0.15) is 32.6 Å². The van der Waals surface area contributed by atoms with Gasteiger partial charge in [0.15, 0.2) is 11.6 Å². The minimum atomic E-state index is -0.635. The number of carbonyl (C=O) groups is 1. The lowest BCUT2D eigenvalue weighted by Gasteiger charge is -2.38. The summed E-state index contributed by atoms with van der Waals surface area (Å²) in [6, 6.07) is 6.68. The van der Waals surface area contributed by atoms with Crippen molar-refractivity contribution in [2.45, 2.75) is 44.3 Å². The van der Waals surface area contributed by atoms with E-state index in [9.17, 15) is 4.79 Å². The number of aromatic nitrogens is 3. The number of pyridine rings is 1. The van der Waals surface area contributed by atoms with E-state index in [4.69, 9.17) is 21.1 Å². The molecule has 35 heavy (non-hydrogen) atoms. The number of nitrogens with zero attached hydrogens (tertiary/aromatic N) is 4. The third-order valence-corrected chi connectivity index (χ3v) is 6.79. The normalized spacial score (nSPS) is 18.7. The molecule has 5 rings (SSSR count). The number of nitrogens with one attached hydrogen (secondary N) is 1. The van der Waals surface area contributed by atoms with Gasteiger partial charge in [-0.1, -0.05) is 18.2 Å². The number of hydrogen-bond donors (Lipinski definition) is 1. The SMILES string of the molecule is C=CC(=O)N1CC[C@H](Oc2ccc3ncnc(Nc4ccc(OC5(C)CCC5)c(Cl)c4F)c3n2)C1. The Morgan fingerprint density at radius 2 is 2.14 bits per heavy atom. The number of halogens is 2. The molecule has 1 aromatic carbocycles. The molecule has 1 N–H and O–H groups in total. The zero-order chi connectivity index (χ0) is 24.6. The largest absolute Gasteiger partial charge is 0.486 e. The molecule has 2 aromatic heterocycles. The molecule has 2 aliphatic rings. The van der Waals surface area contributed by atoms with Gasteiger partial charge in [-0.3, -0.25) is 4.79 Å². The highest BCUT2D eigenvalue weighted by molar-refractivity contribution is 6.32. The molecule has 2 fully saturated rings. The summed E-state index contributed by atoms with van der Waals surface area (Å²) in [6.07, 6.45) is 6.08. The van der Waals surface area contributed by atoms with E-state index in [-0.39, 0.29) is 28.3 Å². The fourth-order valence-corrected chi connectivity index (χ4v) is 4.48. The van der Waals surface area contributed by atoms with Gasteiger partial charge in [-0.2, -0.15) is 0 Å². The number of rotatable bonds is 7. The molecule has 8 nitrogen and oxygen atoms in total. The molecule has 10 heteroatoms. The van der Waals surface area contributed by atoms with Crippen LogP contribution in [0.25, 0.3) is 11.0 Å². The van der Waals surface area contributed by atoms with Crippen LogP contribution >= 0.6 is 11.6 Å². The monoisotopic (exact) mass is 497 g/mol. The van der Waals surface area contributed by atoms with Gasteiger partial charge < -0.3 is 19.7 Å². The lowest BCUT2D eigenvalue weighted by atomic mass is 9.82. The van der Waals surface area contributed by atoms with Crippen molar-refractivity contribution in [3.8, 4) is 11.6 Å². The van der Waals surface area contributed by atoms with Crippen molar-refractivity contribution in [2.24, 2.45) is 0 Å². The van der Waals surface area contributed by atoms with E-state index in [1.807, 2.05) is 6.92 Å². The van der Waals surface area contributed by atoms with Gasteiger partial charge in [0.05, 0.1) is 17.7 Å². The second kappa shape index (κ2) is 9.30. The molecule has 1 saturated heterocycles. The van der Waals surface area contributed by atoms with E-state index in [0.29, 0.717) is 48.0 Å². The molecular weight excluding hydrogens is 473 g/mol. The third kappa shape index (κ3) is 4.73. The Morgan fingerprint density at radius 3 is 2.89 bits per heavy atom. The summed E-state index contributed by atoms with van der Waals surface area (Å²) in [6.45, 7) is 6.57. The van der Waals surface area contributed by atoms with E-state index in [1.54, 1.807) is 29.2 Å². The van der Waals surface area contributed by atoms with Crippen LogP contribution in [0.15, 0.2) is 43.2 Å². The zero-order valence-electron chi connectivity index (χ0n) is 19.3. The first-order chi connectivity index (χ1) is 16.8. The first-order valence-electron chi connectivity index (χ1n) is 11.5. The van der Waals surface area contributed by atoms with E-state index >= 15 is 4.39 Å². The average molecular weight is 498 g/mol. The van der Waals surface area contributed by atoms with Crippen molar-refractivity contribution in [2.75, 3.05) is 18.4 Å². The number of carbonyl (C=O) groups excluding carboxylic acids is 1. The minimum Gasteiger partial charge on any atom is -0.486 e. The Bertz CT molecular complexity index is 1300. The number of likely N-dealkylation sites (tertiary alicyclic amines) is 1. The Balaban J connectivity index is 1.36. The molecule has 1 aliphatic heterocycles. The van der Waals surface area contributed by atoms with Crippen molar-refractivity contribution in [1.82, 2.24) is 19.9 Å². The second-order valence-corrected chi connectivity index (χ2v) is 9.40. The highest BCUT2D eigenvalue weighted by Crippen LogP contribution is 2.41. The Labute approximate surface area is 207 Å². The highest BCUT2D eigenvalue weighted by Gasteiger charge is 2.35. The van der Waals surface area contributed by atoms with Crippen LogP contribution in [-0.4, -0.2) is 50.6 Å². The first kappa shape index (κ1) is 23.3. The number of hydrogen-bond acceptors (Lipinski definition) is 7. The van der Waals surface area contributed by atoms with Crippen molar-refractivity contribution in [1.29, 1.82) is 0 Å². The maximum absolute atomic E-state index is 15.1. The molecule has 0 unspecified atom stereocenters. The third-order valence-electron chi connectivity index (χ3n) is 6.44.